The van der Waals surface area contributed by atoms with E-state index in [1.54, 1.807) is 25.3 Å². The number of hydrogen-bond acceptors (Lipinski definition) is 7. The van der Waals surface area contributed by atoms with Crippen molar-refractivity contribution in [3.05, 3.63) is 76.0 Å². The molecule has 0 bridgehead atoms. The van der Waals surface area contributed by atoms with Gasteiger partial charge in [0, 0.05) is 5.02 Å². The van der Waals surface area contributed by atoms with E-state index in [-0.39, 0.29) is 5.76 Å². The van der Waals surface area contributed by atoms with Crippen molar-refractivity contribution >= 4 is 17.6 Å². The van der Waals surface area contributed by atoms with Crippen molar-refractivity contribution < 1.29 is 34.3 Å². The highest BCUT2D eigenvalue weighted by Crippen LogP contribution is 2.36. The molecule has 3 rings (SSSR count). The lowest BCUT2D eigenvalue weighted by Crippen LogP contribution is -2.48. The molecule has 160 valence electrons. The summed E-state index contributed by atoms with van der Waals surface area (Å²) < 4.78 is 15.4. The van der Waals surface area contributed by atoms with E-state index in [0.717, 1.165) is 23.0 Å². The van der Waals surface area contributed by atoms with Gasteiger partial charge < -0.3 is 29.5 Å². The highest BCUT2D eigenvalue weighted by Gasteiger charge is 2.42. The highest BCUT2D eigenvalue weighted by atomic mass is 35.5. The van der Waals surface area contributed by atoms with Gasteiger partial charge in [-0.3, -0.25) is 0 Å². The quantitative estimate of drug-likeness (QED) is 0.489. The Hall–Kier alpha value is -2.58. The van der Waals surface area contributed by atoms with Crippen LogP contribution < -0.4 is 4.74 Å². The smallest absolute Gasteiger partial charge is 0.333 e. The maximum Gasteiger partial charge on any atom is 0.333 e. The molecule has 2 aromatic carbocycles. The molecule has 0 aliphatic carbocycles. The molecule has 1 aliphatic rings. The molecule has 30 heavy (non-hydrogen) atoms. The Morgan fingerprint density at radius 2 is 1.80 bits per heavy atom. The lowest BCUT2D eigenvalue weighted by atomic mass is 9.91. The van der Waals surface area contributed by atoms with Crippen molar-refractivity contribution in [2.75, 3.05) is 14.2 Å². The Morgan fingerprint density at radius 1 is 1.10 bits per heavy atom. The summed E-state index contributed by atoms with van der Waals surface area (Å²) in [5.41, 5.74) is 2.33. The van der Waals surface area contributed by atoms with E-state index in [4.69, 9.17) is 21.1 Å². The van der Waals surface area contributed by atoms with Crippen LogP contribution in [0.15, 0.2) is 54.3 Å². The van der Waals surface area contributed by atoms with Gasteiger partial charge in [0.2, 0.25) is 0 Å². The number of carbonyl (C=O) groups is 1. The Morgan fingerprint density at radius 3 is 2.43 bits per heavy atom. The molecule has 0 aromatic heterocycles. The van der Waals surface area contributed by atoms with Gasteiger partial charge in [-0.05, 0) is 41.3 Å². The number of rotatable bonds is 5. The standard InChI is InChI=1S/C22H23ClO7/c1-28-15-6-3-12(4-7-15)9-14-10-13(5-8-16(14)23)22-21(27)20(26)19(25)17(30-22)11-18(24)29-2/h3-8,10-11,19-22,25-27H,9H2,1-2H3/t19-,20+,21-,22+/m1/s1. The summed E-state index contributed by atoms with van der Waals surface area (Å²) in [5.74, 6) is -0.186. The molecule has 0 radical (unpaired) electrons. The minimum Gasteiger partial charge on any atom is -0.497 e. The van der Waals surface area contributed by atoms with Crippen molar-refractivity contribution in [1.82, 2.24) is 0 Å². The fraction of sp³-hybridized carbons (Fsp3) is 0.318. The average molecular weight is 435 g/mol. The van der Waals surface area contributed by atoms with Crippen LogP contribution in [-0.4, -0.2) is 53.8 Å². The Labute approximate surface area is 179 Å². The molecule has 0 amide bonds. The van der Waals surface area contributed by atoms with Gasteiger partial charge >= 0.3 is 5.97 Å². The largest absolute Gasteiger partial charge is 0.497 e. The predicted molar refractivity (Wildman–Crippen MR) is 109 cm³/mol. The second kappa shape index (κ2) is 9.49. The number of aliphatic hydroxyl groups excluding tert-OH is 3. The monoisotopic (exact) mass is 434 g/mol. The molecule has 1 saturated heterocycles. The molecule has 8 heteroatoms. The van der Waals surface area contributed by atoms with E-state index < -0.39 is 30.4 Å². The Kier molecular flexibility index (Phi) is 6.99. The molecule has 7 nitrogen and oxygen atoms in total. The Balaban J connectivity index is 1.89. The van der Waals surface area contributed by atoms with Gasteiger partial charge in [-0.25, -0.2) is 4.79 Å². The first kappa shape index (κ1) is 22.1. The predicted octanol–water partition coefficient (Wildman–Crippen LogP) is 2.15. The molecular weight excluding hydrogens is 412 g/mol. The number of halogens is 1. The third-order valence-electron chi connectivity index (χ3n) is 4.95. The van der Waals surface area contributed by atoms with E-state index >= 15 is 0 Å². The fourth-order valence-corrected chi connectivity index (χ4v) is 3.43. The van der Waals surface area contributed by atoms with Crippen LogP contribution in [0.25, 0.3) is 0 Å². The number of hydrogen-bond donors (Lipinski definition) is 3. The zero-order chi connectivity index (χ0) is 21.8. The summed E-state index contributed by atoms with van der Waals surface area (Å²) in [6.07, 6.45) is -4.05. The maximum absolute atomic E-state index is 11.5. The normalized spacial score (nSPS) is 24.9. The van der Waals surface area contributed by atoms with Crippen molar-refractivity contribution in [3.63, 3.8) is 0 Å². The molecule has 1 heterocycles. The number of ether oxygens (including phenoxy) is 3. The van der Waals surface area contributed by atoms with Gasteiger partial charge in [0.15, 0.2) is 6.10 Å². The first-order valence-electron chi connectivity index (χ1n) is 9.25. The molecular formula is C22H23ClO7. The minimum atomic E-state index is -1.55. The van der Waals surface area contributed by atoms with Crippen LogP contribution in [0.2, 0.25) is 5.02 Å². The summed E-state index contributed by atoms with van der Waals surface area (Å²) >= 11 is 6.36. The molecule has 0 saturated carbocycles. The van der Waals surface area contributed by atoms with Crippen LogP contribution in [0, 0.1) is 0 Å². The van der Waals surface area contributed by atoms with E-state index in [2.05, 4.69) is 4.74 Å². The van der Waals surface area contributed by atoms with Crippen molar-refractivity contribution in [2.45, 2.75) is 30.8 Å². The van der Waals surface area contributed by atoms with Crippen LogP contribution in [0.5, 0.6) is 5.75 Å². The van der Waals surface area contributed by atoms with Crippen molar-refractivity contribution in [3.8, 4) is 5.75 Å². The summed E-state index contributed by atoms with van der Waals surface area (Å²) in [5, 5.41) is 31.3. The van der Waals surface area contributed by atoms with Crippen molar-refractivity contribution in [2.24, 2.45) is 0 Å². The molecule has 3 N–H and O–H groups in total. The van der Waals surface area contributed by atoms with E-state index in [0.29, 0.717) is 17.0 Å². The number of aliphatic hydroxyl groups is 3. The van der Waals surface area contributed by atoms with Gasteiger partial charge in [-0.1, -0.05) is 35.9 Å². The van der Waals surface area contributed by atoms with Crippen LogP contribution in [-0.2, 0) is 20.7 Å². The van der Waals surface area contributed by atoms with Crippen LogP contribution in [0.4, 0.5) is 0 Å². The first-order valence-corrected chi connectivity index (χ1v) is 9.63. The third kappa shape index (κ3) is 4.76. The number of benzene rings is 2. The van der Waals surface area contributed by atoms with Crippen molar-refractivity contribution in [1.29, 1.82) is 0 Å². The maximum atomic E-state index is 11.5. The van der Waals surface area contributed by atoms with Crippen LogP contribution >= 0.6 is 11.6 Å². The summed E-state index contributed by atoms with van der Waals surface area (Å²) in [7, 11) is 2.78. The van der Waals surface area contributed by atoms with Gasteiger partial charge in [0.1, 0.15) is 29.8 Å². The lowest BCUT2D eigenvalue weighted by Gasteiger charge is -2.37. The SMILES string of the molecule is COC(=O)C=C1O[C@@H](c2ccc(Cl)c(Cc3ccc(OC)cc3)c2)[C@H](O)[C@@H](O)[C@@H]1O. The van der Waals surface area contributed by atoms with E-state index in [1.165, 1.54) is 7.11 Å². The number of carbonyl (C=O) groups excluding carboxylic acids is 1. The summed E-state index contributed by atoms with van der Waals surface area (Å²) in [6, 6.07) is 12.6. The van der Waals surface area contributed by atoms with Gasteiger partial charge in [0.25, 0.3) is 0 Å². The molecule has 1 fully saturated rings. The lowest BCUT2D eigenvalue weighted by molar-refractivity contribution is -0.159. The Bertz CT molecular complexity index is 926. The van der Waals surface area contributed by atoms with E-state index in [9.17, 15) is 20.1 Å². The zero-order valence-corrected chi connectivity index (χ0v) is 17.2. The van der Waals surface area contributed by atoms with E-state index in [1.807, 2.05) is 24.3 Å². The second-order valence-electron chi connectivity index (χ2n) is 6.91. The minimum absolute atomic E-state index is 0.184. The number of methoxy groups -OCH3 is 2. The zero-order valence-electron chi connectivity index (χ0n) is 16.5. The van der Waals surface area contributed by atoms with Gasteiger partial charge in [-0.15, -0.1) is 0 Å². The third-order valence-corrected chi connectivity index (χ3v) is 5.32. The van der Waals surface area contributed by atoms with Gasteiger partial charge in [-0.2, -0.15) is 0 Å². The molecule has 0 spiro atoms. The highest BCUT2D eigenvalue weighted by molar-refractivity contribution is 6.31. The number of esters is 1. The fourth-order valence-electron chi connectivity index (χ4n) is 3.25. The summed E-state index contributed by atoms with van der Waals surface area (Å²) in [6.45, 7) is 0. The molecule has 2 aromatic rings. The van der Waals surface area contributed by atoms with Crippen LogP contribution in [0.1, 0.15) is 22.8 Å². The van der Waals surface area contributed by atoms with Gasteiger partial charge in [0.05, 0.1) is 20.3 Å². The average Bonchev–Trinajstić information content (AvgIpc) is 2.76. The summed E-state index contributed by atoms with van der Waals surface area (Å²) in [4.78, 5) is 11.5. The second-order valence-corrected chi connectivity index (χ2v) is 7.32. The first-order chi connectivity index (χ1) is 14.3. The topological polar surface area (TPSA) is 105 Å². The molecule has 1 aliphatic heterocycles. The molecule has 4 atom stereocenters. The molecule has 0 unspecified atom stereocenters. The van der Waals surface area contributed by atoms with Crippen LogP contribution in [0.3, 0.4) is 0 Å².